The fraction of sp³-hybridized carbons (Fsp3) is 0.636. The van der Waals surface area contributed by atoms with Gasteiger partial charge in [-0.1, -0.05) is 18.0 Å². The van der Waals surface area contributed by atoms with Crippen LogP contribution in [0.4, 0.5) is 13.2 Å². The molecular formula is C22H28ClF3N4. The highest BCUT2D eigenvalue weighted by Gasteiger charge is 2.32. The average Bonchev–Trinajstić information content (AvgIpc) is 2.94. The van der Waals surface area contributed by atoms with Gasteiger partial charge in [0.15, 0.2) is 0 Å². The molecule has 8 heteroatoms. The third-order valence-electron chi connectivity index (χ3n) is 6.41. The number of alkyl halides is 3. The van der Waals surface area contributed by atoms with Crippen LogP contribution in [0.3, 0.4) is 0 Å². The number of hydrogen-bond acceptors (Lipinski definition) is 3. The van der Waals surface area contributed by atoms with E-state index in [9.17, 15) is 13.2 Å². The SMILES string of the molecule is FC(F)(F)c1ccc(Cl)c(C2CCN(CCCc3nnc4n3CCCCC4)CC2)c1. The van der Waals surface area contributed by atoms with Crippen molar-refractivity contribution in [2.45, 2.75) is 70.0 Å². The first-order chi connectivity index (χ1) is 14.4. The van der Waals surface area contributed by atoms with E-state index in [-0.39, 0.29) is 5.92 Å². The third-order valence-corrected chi connectivity index (χ3v) is 6.76. The predicted molar refractivity (Wildman–Crippen MR) is 111 cm³/mol. The fourth-order valence-electron chi connectivity index (χ4n) is 4.69. The van der Waals surface area contributed by atoms with Crippen molar-refractivity contribution in [2.24, 2.45) is 0 Å². The minimum atomic E-state index is -4.33. The molecule has 1 aromatic heterocycles. The van der Waals surface area contributed by atoms with E-state index < -0.39 is 11.7 Å². The summed E-state index contributed by atoms with van der Waals surface area (Å²) >= 11 is 6.23. The van der Waals surface area contributed by atoms with E-state index in [1.807, 2.05) is 0 Å². The Labute approximate surface area is 180 Å². The average molecular weight is 441 g/mol. The van der Waals surface area contributed by atoms with Crippen LogP contribution in [0, 0.1) is 0 Å². The molecule has 0 saturated carbocycles. The second kappa shape index (κ2) is 9.27. The van der Waals surface area contributed by atoms with Gasteiger partial charge in [0.1, 0.15) is 11.6 Å². The van der Waals surface area contributed by atoms with Gasteiger partial charge in [-0.2, -0.15) is 13.2 Å². The molecule has 0 spiro atoms. The Morgan fingerprint density at radius 2 is 1.83 bits per heavy atom. The maximum atomic E-state index is 13.0. The maximum absolute atomic E-state index is 13.0. The van der Waals surface area contributed by atoms with Crippen molar-refractivity contribution < 1.29 is 13.2 Å². The summed E-state index contributed by atoms with van der Waals surface area (Å²) in [6.07, 6.45) is 3.96. The predicted octanol–water partition coefficient (Wildman–Crippen LogP) is 5.49. The van der Waals surface area contributed by atoms with Crippen LogP contribution >= 0.6 is 11.6 Å². The maximum Gasteiger partial charge on any atom is 0.416 e. The Morgan fingerprint density at radius 1 is 1.03 bits per heavy atom. The molecule has 1 saturated heterocycles. The number of likely N-dealkylation sites (tertiary alicyclic amines) is 1. The minimum Gasteiger partial charge on any atom is -0.315 e. The molecule has 164 valence electrons. The first kappa shape index (κ1) is 21.6. The number of rotatable bonds is 5. The minimum absolute atomic E-state index is 0.0864. The van der Waals surface area contributed by atoms with E-state index >= 15 is 0 Å². The van der Waals surface area contributed by atoms with Crippen LogP contribution < -0.4 is 0 Å². The Kier molecular flexibility index (Phi) is 6.68. The summed E-state index contributed by atoms with van der Waals surface area (Å²) in [7, 11) is 0. The van der Waals surface area contributed by atoms with Gasteiger partial charge in [-0.3, -0.25) is 0 Å². The fourth-order valence-corrected chi connectivity index (χ4v) is 4.96. The van der Waals surface area contributed by atoms with Crippen molar-refractivity contribution in [1.82, 2.24) is 19.7 Å². The zero-order valence-electron chi connectivity index (χ0n) is 17.1. The van der Waals surface area contributed by atoms with Crippen LogP contribution in [-0.2, 0) is 25.6 Å². The zero-order valence-corrected chi connectivity index (χ0v) is 17.9. The van der Waals surface area contributed by atoms with Crippen molar-refractivity contribution in [3.63, 3.8) is 0 Å². The van der Waals surface area contributed by atoms with Crippen molar-refractivity contribution in [3.05, 3.63) is 46.0 Å². The molecule has 2 aliphatic rings. The van der Waals surface area contributed by atoms with E-state index in [0.717, 1.165) is 76.0 Å². The molecule has 0 N–H and O–H groups in total. The van der Waals surface area contributed by atoms with Gasteiger partial charge < -0.3 is 9.47 Å². The third kappa shape index (κ3) is 4.99. The Hall–Kier alpha value is -1.60. The molecule has 4 rings (SSSR count). The Balaban J connectivity index is 1.28. The topological polar surface area (TPSA) is 34.0 Å². The number of benzene rings is 1. The molecule has 3 heterocycles. The molecule has 0 radical (unpaired) electrons. The van der Waals surface area contributed by atoms with Crippen molar-refractivity contribution >= 4 is 11.6 Å². The van der Waals surface area contributed by atoms with Crippen LogP contribution in [0.2, 0.25) is 5.02 Å². The molecule has 0 bridgehead atoms. The molecule has 2 aromatic rings. The molecule has 1 fully saturated rings. The lowest BCUT2D eigenvalue weighted by Crippen LogP contribution is -2.34. The van der Waals surface area contributed by atoms with Crippen LogP contribution in [0.5, 0.6) is 0 Å². The van der Waals surface area contributed by atoms with Crippen LogP contribution in [0.15, 0.2) is 18.2 Å². The van der Waals surface area contributed by atoms with E-state index in [0.29, 0.717) is 10.6 Å². The van der Waals surface area contributed by atoms with Gasteiger partial charge in [-0.15, -0.1) is 10.2 Å². The molecule has 0 unspecified atom stereocenters. The van der Waals surface area contributed by atoms with Gasteiger partial charge in [-0.25, -0.2) is 0 Å². The van der Waals surface area contributed by atoms with Gasteiger partial charge in [0, 0.05) is 24.4 Å². The monoisotopic (exact) mass is 440 g/mol. The van der Waals surface area contributed by atoms with Crippen molar-refractivity contribution in [3.8, 4) is 0 Å². The van der Waals surface area contributed by atoms with Crippen molar-refractivity contribution in [1.29, 1.82) is 0 Å². The van der Waals surface area contributed by atoms with E-state index in [2.05, 4.69) is 19.7 Å². The number of nitrogens with zero attached hydrogens (tertiary/aromatic N) is 4. The highest BCUT2D eigenvalue weighted by Crippen LogP contribution is 2.37. The summed E-state index contributed by atoms with van der Waals surface area (Å²) < 4.78 is 41.5. The zero-order chi connectivity index (χ0) is 21.1. The van der Waals surface area contributed by atoms with Gasteiger partial charge >= 0.3 is 6.18 Å². The summed E-state index contributed by atoms with van der Waals surface area (Å²) in [5, 5.41) is 9.20. The Bertz CT molecular complexity index is 857. The normalized spacial score (nSPS) is 18.9. The highest BCUT2D eigenvalue weighted by atomic mass is 35.5. The molecule has 4 nitrogen and oxygen atoms in total. The molecule has 2 aliphatic heterocycles. The second-order valence-corrected chi connectivity index (χ2v) is 8.86. The summed E-state index contributed by atoms with van der Waals surface area (Å²) in [5.74, 6) is 2.31. The summed E-state index contributed by atoms with van der Waals surface area (Å²) in [6, 6.07) is 3.68. The largest absolute Gasteiger partial charge is 0.416 e. The van der Waals surface area contributed by atoms with Crippen molar-refractivity contribution in [2.75, 3.05) is 19.6 Å². The Morgan fingerprint density at radius 3 is 2.60 bits per heavy atom. The molecule has 0 amide bonds. The highest BCUT2D eigenvalue weighted by molar-refractivity contribution is 6.31. The summed E-state index contributed by atoms with van der Waals surface area (Å²) in [5.41, 5.74) is 0.0223. The first-order valence-electron chi connectivity index (χ1n) is 10.9. The van der Waals surface area contributed by atoms with Gasteiger partial charge in [-0.05, 0) is 81.4 Å². The number of aryl methyl sites for hydroxylation is 2. The van der Waals surface area contributed by atoms with Crippen LogP contribution in [0.25, 0.3) is 0 Å². The van der Waals surface area contributed by atoms with E-state index in [1.165, 1.54) is 31.4 Å². The van der Waals surface area contributed by atoms with E-state index in [4.69, 9.17) is 11.6 Å². The number of piperidine rings is 1. The molecule has 30 heavy (non-hydrogen) atoms. The van der Waals surface area contributed by atoms with Gasteiger partial charge in [0.25, 0.3) is 0 Å². The molecule has 0 atom stereocenters. The number of hydrogen-bond donors (Lipinski definition) is 0. The standard InChI is InChI=1S/C22H28ClF3N4/c23-19-8-7-17(22(24,25)26)15-18(19)16-9-13-29(14-10-16)11-4-6-21-28-27-20-5-2-1-3-12-30(20)21/h7-8,15-16H,1-6,9-14H2. The van der Waals surface area contributed by atoms with E-state index in [1.54, 1.807) is 0 Å². The summed E-state index contributed by atoms with van der Waals surface area (Å²) in [6.45, 7) is 3.77. The van der Waals surface area contributed by atoms with Gasteiger partial charge in [0.2, 0.25) is 0 Å². The van der Waals surface area contributed by atoms with Crippen LogP contribution in [-0.4, -0.2) is 39.3 Å². The molecule has 0 aliphatic carbocycles. The lowest BCUT2D eigenvalue weighted by Gasteiger charge is -2.32. The molecule has 1 aromatic carbocycles. The number of fused-ring (bicyclic) bond motifs is 1. The second-order valence-electron chi connectivity index (χ2n) is 8.45. The number of halogens is 4. The quantitative estimate of drug-likeness (QED) is 0.616. The van der Waals surface area contributed by atoms with Gasteiger partial charge in [0.05, 0.1) is 5.56 Å². The number of aromatic nitrogens is 3. The lowest BCUT2D eigenvalue weighted by molar-refractivity contribution is -0.137. The lowest BCUT2D eigenvalue weighted by atomic mass is 9.88. The first-order valence-corrected chi connectivity index (χ1v) is 11.3. The van der Waals surface area contributed by atoms with Crippen LogP contribution in [0.1, 0.15) is 67.2 Å². The summed E-state index contributed by atoms with van der Waals surface area (Å²) in [4.78, 5) is 2.40. The smallest absolute Gasteiger partial charge is 0.315 e. The molecular weight excluding hydrogens is 413 g/mol.